The van der Waals surface area contributed by atoms with E-state index in [2.05, 4.69) is 48.7 Å². The van der Waals surface area contributed by atoms with Crippen molar-refractivity contribution in [3.05, 3.63) is 76.7 Å². The van der Waals surface area contributed by atoms with Gasteiger partial charge in [-0.05, 0) is 52.2 Å². The summed E-state index contributed by atoms with van der Waals surface area (Å²) in [7, 11) is 0. The molecule has 2 aromatic carbocycles. The van der Waals surface area contributed by atoms with Crippen LogP contribution in [0, 0.1) is 0 Å². The number of amides is 1. The maximum Gasteiger partial charge on any atom is 0.251 e. The van der Waals surface area contributed by atoms with Crippen molar-refractivity contribution in [1.29, 1.82) is 0 Å². The molecule has 0 aliphatic carbocycles. The van der Waals surface area contributed by atoms with E-state index in [0.29, 0.717) is 12.1 Å². The Balaban J connectivity index is 1.40. The molecule has 6 nitrogen and oxygen atoms in total. The fourth-order valence-electron chi connectivity index (χ4n) is 2.79. The highest BCUT2D eigenvalue weighted by atomic mass is 79.9. The summed E-state index contributed by atoms with van der Waals surface area (Å²) in [5.41, 5.74) is 3.61. The number of benzene rings is 2. The molecule has 0 radical (unpaired) electrons. The molecule has 0 atom stereocenters. The molecule has 7 heteroatoms. The number of H-pyrrole nitrogens is 1. The van der Waals surface area contributed by atoms with E-state index in [0.717, 1.165) is 33.0 Å². The largest absolute Gasteiger partial charge is 0.352 e. The first-order valence-corrected chi connectivity index (χ1v) is 8.99. The fraction of sp³-hybridized carbons (Fsp3) is 0.105. The highest BCUT2D eigenvalue weighted by molar-refractivity contribution is 9.10. The second-order valence-corrected chi connectivity index (χ2v) is 6.87. The first kappa shape index (κ1) is 16.5. The molecule has 2 aromatic heterocycles. The quantitative estimate of drug-likeness (QED) is 0.529. The zero-order valence-electron chi connectivity index (χ0n) is 13.8. The Morgan fingerprint density at radius 3 is 2.96 bits per heavy atom. The number of hydrogen-bond acceptors (Lipinski definition) is 3. The molecular weight excluding hydrogens is 394 g/mol. The smallest absolute Gasteiger partial charge is 0.251 e. The number of aromatic amines is 1. The number of carbonyl (C=O) groups excluding carboxylic acids is 1. The Morgan fingerprint density at radius 1 is 1.19 bits per heavy atom. The summed E-state index contributed by atoms with van der Waals surface area (Å²) in [5.74, 6) is -0.0966. The van der Waals surface area contributed by atoms with Crippen LogP contribution in [0.1, 0.15) is 15.9 Å². The van der Waals surface area contributed by atoms with Crippen molar-refractivity contribution in [2.45, 2.75) is 6.42 Å². The van der Waals surface area contributed by atoms with Gasteiger partial charge < -0.3 is 5.32 Å². The average molecular weight is 410 g/mol. The molecular formula is C19H16BrN5O. The van der Waals surface area contributed by atoms with Crippen molar-refractivity contribution < 1.29 is 4.79 Å². The van der Waals surface area contributed by atoms with E-state index >= 15 is 0 Å². The van der Waals surface area contributed by atoms with Gasteiger partial charge in [0.2, 0.25) is 0 Å². The molecule has 0 saturated heterocycles. The summed E-state index contributed by atoms with van der Waals surface area (Å²) < 4.78 is 2.61. The van der Waals surface area contributed by atoms with Crippen LogP contribution in [0.25, 0.3) is 16.6 Å². The zero-order chi connectivity index (χ0) is 17.9. The molecule has 0 aliphatic rings. The summed E-state index contributed by atoms with van der Waals surface area (Å²) in [6, 6.07) is 13.5. The maximum absolute atomic E-state index is 12.4. The molecule has 130 valence electrons. The van der Waals surface area contributed by atoms with Gasteiger partial charge in [0, 0.05) is 23.7 Å². The van der Waals surface area contributed by atoms with Gasteiger partial charge in [-0.3, -0.25) is 9.89 Å². The van der Waals surface area contributed by atoms with Crippen LogP contribution >= 0.6 is 15.9 Å². The van der Waals surface area contributed by atoms with Gasteiger partial charge in [-0.25, -0.2) is 4.68 Å². The molecule has 0 aliphatic heterocycles. The third kappa shape index (κ3) is 3.52. The molecule has 26 heavy (non-hydrogen) atoms. The minimum atomic E-state index is -0.0966. The molecule has 2 N–H and O–H groups in total. The number of halogens is 1. The highest BCUT2D eigenvalue weighted by Crippen LogP contribution is 2.15. The van der Waals surface area contributed by atoms with Gasteiger partial charge in [0.15, 0.2) is 0 Å². The van der Waals surface area contributed by atoms with Crippen molar-refractivity contribution in [3.63, 3.8) is 0 Å². The van der Waals surface area contributed by atoms with Crippen molar-refractivity contribution in [2.24, 2.45) is 0 Å². The number of aromatic nitrogens is 4. The monoisotopic (exact) mass is 409 g/mol. The Bertz CT molecular complexity index is 1070. The van der Waals surface area contributed by atoms with Crippen LogP contribution in [0.5, 0.6) is 0 Å². The van der Waals surface area contributed by atoms with E-state index in [-0.39, 0.29) is 5.91 Å². The summed E-state index contributed by atoms with van der Waals surface area (Å²) in [6.07, 6.45) is 6.12. The van der Waals surface area contributed by atoms with Crippen LogP contribution < -0.4 is 5.32 Å². The van der Waals surface area contributed by atoms with Crippen LogP contribution in [-0.2, 0) is 6.42 Å². The summed E-state index contributed by atoms with van der Waals surface area (Å²) in [4.78, 5) is 12.4. The van der Waals surface area contributed by atoms with Crippen LogP contribution in [0.15, 0.2) is 65.5 Å². The van der Waals surface area contributed by atoms with E-state index in [9.17, 15) is 4.79 Å². The molecule has 2 heterocycles. The van der Waals surface area contributed by atoms with Crippen molar-refractivity contribution >= 4 is 32.7 Å². The number of carbonyl (C=O) groups is 1. The topological polar surface area (TPSA) is 75.6 Å². The van der Waals surface area contributed by atoms with Crippen LogP contribution in [0.3, 0.4) is 0 Å². The maximum atomic E-state index is 12.4. The van der Waals surface area contributed by atoms with Crippen molar-refractivity contribution in [1.82, 2.24) is 25.3 Å². The summed E-state index contributed by atoms with van der Waals surface area (Å²) >= 11 is 3.38. The second kappa shape index (κ2) is 7.13. The van der Waals surface area contributed by atoms with E-state index in [4.69, 9.17) is 0 Å². The van der Waals surface area contributed by atoms with Crippen LogP contribution in [0.4, 0.5) is 0 Å². The van der Waals surface area contributed by atoms with E-state index in [1.54, 1.807) is 23.1 Å². The first-order valence-electron chi connectivity index (χ1n) is 8.20. The predicted molar refractivity (Wildman–Crippen MR) is 103 cm³/mol. The first-order chi connectivity index (χ1) is 12.7. The Kier molecular flexibility index (Phi) is 4.53. The third-order valence-corrected chi connectivity index (χ3v) is 4.54. The Morgan fingerprint density at radius 2 is 2.12 bits per heavy atom. The Hall–Kier alpha value is -2.93. The zero-order valence-corrected chi connectivity index (χ0v) is 15.4. The number of fused-ring (bicyclic) bond motifs is 1. The highest BCUT2D eigenvalue weighted by Gasteiger charge is 2.08. The van der Waals surface area contributed by atoms with Gasteiger partial charge in [0.25, 0.3) is 5.91 Å². The number of hydrogen-bond donors (Lipinski definition) is 2. The molecule has 0 spiro atoms. The lowest BCUT2D eigenvalue weighted by atomic mass is 10.1. The Labute approximate surface area is 158 Å². The van der Waals surface area contributed by atoms with Gasteiger partial charge >= 0.3 is 0 Å². The van der Waals surface area contributed by atoms with E-state index < -0.39 is 0 Å². The van der Waals surface area contributed by atoms with E-state index in [1.807, 2.05) is 30.5 Å². The van der Waals surface area contributed by atoms with Gasteiger partial charge in [-0.1, -0.05) is 18.2 Å². The number of rotatable bonds is 5. The van der Waals surface area contributed by atoms with E-state index in [1.165, 1.54) is 0 Å². The van der Waals surface area contributed by atoms with Crippen molar-refractivity contribution in [2.75, 3.05) is 6.54 Å². The normalized spacial score (nSPS) is 11.0. The molecule has 0 saturated carbocycles. The molecule has 4 rings (SSSR count). The summed E-state index contributed by atoms with van der Waals surface area (Å²) in [6.45, 7) is 0.565. The minimum absolute atomic E-state index is 0.0966. The van der Waals surface area contributed by atoms with Crippen LogP contribution in [0.2, 0.25) is 0 Å². The minimum Gasteiger partial charge on any atom is -0.352 e. The molecule has 0 fully saturated rings. The molecule has 1 amide bonds. The molecule has 0 unspecified atom stereocenters. The molecule has 0 bridgehead atoms. The number of nitrogens with zero attached hydrogens (tertiary/aromatic N) is 3. The lowest BCUT2D eigenvalue weighted by Crippen LogP contribution is -2.25. The summed E-state index contributed by atoms with van der Waals surface area (Å²) in [5, 5.41) is 15.3. The number of nitrogens with one attached hydrogen (secondary N) is 2. The standard InChI is InChI=1S/C19H16BrN5O/c20-16-11-23-25(12-16)17-3-1-2-14(9-17)19(26)21-7-6-13-4-5-15-10-22-24-18(15)8-13/h1-5,8-12H,6-7H2,(H,21,26)(H,22,24). The van der Waals surface area contributed by atoms with Crippen molar-refractivity contribution in [3.8, 4) is 5.69 Å². The lowest BCUT2D eigenvalue weighted by molar-refractivity contribution is 0.0954. The van der Waals surface area contributed by atoms with Gasteiger partial charge in [0.05, 0.1) is 28.1 Å². The third-order valence-electron chi connectivity index (χ3n) is 4.13. The fourth-order valence-corrected chi connectivity index (χ4v) is 3.08. The van der Waals surface area contributed by atoms with Gasteiger partial charge in [-0.15, -0.1) is 0 Å². The molecule has 4 aromatic rings. The van der Waals surface area contributed by atoms with Gasteiger partial charge in [0.1, 0.15) is 0 Å². The van der Waals surface area contributed by atoms with Gasteiger partial charge in [-0.2, -0.15) is 10.2 Å². The van der Waals surface area contributed by atoms with Crippen LogP contribution in [-0.4, -0.2) is 32.4 Å². The SMILES string of the molecule is O=C(NCCc1ccc2cn[nH]c2c1)c1cccc(-n2cc(Br)cn2)c1. The second-order valence-electron chi connectivity index (χ2n) is 5.95. The lowest BCUT2D eigenvalue weighted by Gasteiger charge is -2.07. The predicted octanol–water partition coefficient (Wildman–Crippen LogP) is 3.48. The average Bonchev–Trinajstić information content (AvgIpc) is 3.30.